The van der Waals surface area contributed by atoms with Crippen molar-refractivity contribution < 1.29 is 9.13 Å². The summed E-state index contributed by atoms with van der Waals surface area (Å²) in [5.41, 5.74) is 1.10. The van der Waals surface area contributed by atoms with Crippen molar-refractivity contribution in [2.75, 3.05) is 13.7 Å². The topological polar surface area (TPSA) is 49.9 Å². The van der Waals surface area contributed by atoms with Crippen LogP contribution in [0.25, 0.3) is 11.3 Å². The zero-order valence-corrected chi connectivity index (χ0v) is 11.4. The molecule has 2 aromatic rings. The maximum Gasteiger partial charge on any atom is 0.136 e. The first-order valence-corrected chi connectivity index (χ1v) is 6.88. The molecule has 0 aliphatic carbocycles. The number of methoxy groups -OCH3 is 1. The van der Waals surface area contributed by atoms with Crippen LogP contribution in [0.3, 0.4) is 0 Å². The van der Waals surface area contributed by atoms with E-state index in [-0.39, 0.29) is 5.82 Å². The van der Waals surface area contributed by atoms with Crippen molar-refractivity contribution in [1.82, 2.24) is 15.3 Å². The largest absolute Gasteiger partial charge is 0.496 e. The second kappa shape index (κ2) is 5.63. The molecule has 1 aromatic heterocycles. The molecule has 0 amide bonds. The summed E-state index contributed by atoms with van der Waals surface area (Å²) in [6.45, 7) is 1.07. The first-order valence-electron chi connectivity index (χ1n) is 6.88. The Labute approximate surface area is 117 Å². The minimum Gasteiger partial charge on any atom is -0.496 e. The van der Waals surface area contributed by atoms with Gasteiger partial charge >= 0.3 is 0 Å². The van der Waals surface area contributed by atoms with E-state index >= 15 is 0 Å². The normalized spacial score (nSPS) is 18.4. The molecule has 2 N–H and O–H groups in total. The Morgan fingerprint density at radius 1 is 1.45 bits per heavy atom. The third-order valence-corrected chi connectivity index (χ3v) is 3.70. The zero-order valence-electron chi connectivity index (χ0n) is 11.4. The third-order valence-electron chi connectivity index (χ3n) is 3.70. The molecule has 1 fully saturated rings. The first-order chi connectivity index (χ1) is 9.78. The minimum absolute atomic E-state index is 0.307. The van der Waals surface area contributed by atoms with Crippen molar-refractivity contribution in [3.05, 3.63) is 36.0 Å². The Morgan fingerprint density at radius 2 is 2.35 bits per heavy atom. The molecule has 1 aromatic carbocycles. The van der Waals surface area contributed by atoms with Gasteiger partial charge in [-0.05, 0) is 31.5 Å². The van der Waals surface area contributed by atoms with E-state index < -0.39 is 0 Å². The average molecular weight is 275 g/mol. The number of nitrogens with one attached hydrogen (secondary N) is 2. The number of aromatic nitrogens is 2. The van der Waals surface area contributed by atoms with Crippen molar-refractivity contribution in [3.8, 4) is 17.0 Å². The highest BCUT2D eigenvalue weighted by Crippen LogP contribution is 2.31. The van der Waals surface area contributed by atoms with E-state index in [9.17, 15) is 4.39 Å². The molecular weight excluding hydrogens is 257 g/mol. The second-order valence-corrected chi connectivity index (χ2v) is 5.06. The number of H-pyrrole nitrogens is 1. The summed E-state index contributed by atoms with van der Waals surface area (Å²) in [4.78, 5) is 7.56. The van der Waals surface area contributed by atoms with Gasteiger partial charge in [-0.3, -0.25) is 0 Å². The molecule has 4 nitrogen and oxygen atoms in total. The van der Waals surface area contributed by atoms with Crippen molar-refractivity contribution in [1.29, 1.82) is 0 Å². The lowest BCUT2D eigenvalue weighted by molar-refractivity contribution is 0.413. The molecule has 106 valence electrons. The van der Waals surface area contributed by atoms with Crippen LogP contribution in [0.4, 0.5) is 4.39 Å². The highest BCUT2D eigenvalue weighted by atomic mass is 19.1. The summed E-state index contributed by atoms with van der Waals surface area (Å²) >= 11 is 0. The third kappa shape index (κ3) is 2.54. The maximum atomic E-state index is 14.0. The lowest BCUT2D eigenvalue weighted by atomic mass is 10.1. The van der Waals surface area contributed by atoms with E-state index in [1.165, 1.54) is 26.0 Å². The van der Waals surface area contributed by atoms with Crippen LogP contribution in [0.15, 0.2) is 24.4 Å². The SMILES string of the molecule is COc1cccc(F)c1-c1cnc(CC2CCCN2)[nH]1. The second-order valence-electron chi connectivity index (χ2n) is 5.06. The van der Waals surface area contributed by atoms with Gasteiger partial charge in [0, 0.05) is 12.5 Å². The van der Waals surface area contributed by atoms with Crippen LogP contribution in [0, 0.1) is 5.82 Å². The Kier molecular flexibility index (Phi) is 3.69. The van der Waals surface area contributed by atoms with Gasteiger partial charge in [0.05, 0.1) is 24.6 Å². The van der Waals surface area contributed by atoms with Gasteiger partial charge in [0.2, 0.25) is 0 Å². The number of ether oxygens (including phenoxy) is 1. The van der Waals surface area contributed by atoms with Crippen molar-refractivity contribution in [3.63, 3.8) is 0 Å². The number of nitrogens with zero attached hydrogens (tertiary/aromatic N) is 1. The maximum absolute atomic E-state index is 14.0. The number of imidazole rings is 1. The predicted molar refractivity (Wildman–Crippen MR) is 75.3 cm³/mol. The van der Waals surface area contributed by atoms with Gasteiger partial charge in [0.25, 0.3) is 0 Å². The van der Waals surface area contributed by atoms with Gasteiger partial charge in [-0.15, -0.1) is 0 Å². The van der Waals surface area contributed by atoms with Crippen LogP contribution in [0.2, 0.25) is 0 Å². The smallest absolute Gasteiger partial charge is 0.136 e. The number of hydrogen-bond acceptors (Lipinski definition) is 3. The Morgan fingerprint density at radius 3 is 3.10 bits per heavy atom. The standard InChI is InChI=1S/C15H18FN3O/c1-20-13-6-2-5-11(16)15(13)12-9-18-14(19-12)8-10-4-3-7-17-10/h2,5-6,9-10,17H,3-4,7-8H2,1H3,(H,18,19). The van der Waals surface area contributed by atoms with Gasteiger partial charge in [-0.2, -0.15) is 0 Å². The molecule has 3 rings (SSSR count). The highest BCUT2D eigenvalue weighted by molar-refractivity contribution is 5.67. The summed E-state index contributed by atoms with van der Waals surface area (Å²) in [7, 11) is 1.54. The van der Waals surface area contributed by atoms with Gasteiger partial charge < -0.3 is 15.0 Å². The molecule has 5 heteroatoms. The fraction of sp³-hybridized carbons (Fsp3) is 0.400. The number of hydrogen-bond donors (Lipinski definition) is 2. The summed E-state index contributed by atoms with van der Waals surface area (Å²) < 4.78 is 19.2. The Bertz CT molecular complexity index is 591. The van der Waals surface area contributed by atoms with Crippen LogP contribution in [-0.4, -0.2) is 29.7 Å². The summed E-state index contributed by atoms with van der Waals surface area (Å²) in [5.74, 6) is 1.09. The van der Waals surface area contributed by atoms with Crippen molar-refractivity contribution in [2.45, 2.75) is 25.3 Å². The van der Waals surface area contributed by atoms with E-state index in [1.807, 2.05) is 0 Å². The molecule has 1 saturated heterocycles. The van der Waals surface area contributed by atoms with Gasteiger partial charge in [0.1, 0.15) is 17.4 Å². The fourth-order valence-corrected chi connectivity index (χ4v) is 2.69. The highest BCUT2D eigenvalue weighted by Gasteiger charge is 2.18. The molecule has 20 heavy (non-hydrogen) atoms. The van der Waals surface area contributed by atoms with Gasteiger partial charge in [-0.25, -0.2) is 9.37 Å². The fourth-order valence-electron chi connectivity index (χ4n) is 2.69. The molecule has 0 spiro atoms. The summed E-state index contributed by atoms with van der Waals surface area (Å²) in [5, 5.41) is 3.43. The molecule has 0 radical (unpaired) electrons. The molecule has 0 bridgehead atoms. The number of aromatic amines is 1. The predicted octanol–water partition coefficient (Wildman–Crippen LogP) is 2.52. The summed E-state index contributed by atoms with van der Waals surface area (Å²) in [6.07, 6.45) is 4.89. The van der Waals surface area contributed by atoms with Crippen molar-refractivity contribution >= 4 is 0 Å². The lowest BCUT2D eigenvalue weighted by Gasteiger charge is -2.08. The molecule has 1 aliphatic heterocycles. The van der Waals surface area contributed by atoms with Crippen LogP contribution in [-0.2, 0) is 6.42 Å². The molecule has 1 unspecified atom stereocenters. The summed E-state index contributed by atoms with van der Waals surface area (Å²) in [6, 6.07) is 5.28. The van der Waals surface area contributed by atoms with Gasteiger partial charge in [0.15, 0.2) is 0 Å². The zero-order chi connectivity index (χ0) is 13.9. The van der Waals surface area contributed by atoms with E-state index in [2.05, 4.69) is 15.3 Å². The molecule has 0 saturated carbocycles. The van der Waals surface area contributed by atoms with Crippen LogP contribution < -0.4 is 10.1 Å². The van der Waals surface area contributed by atoms with Crippen molar-refractivity contribution in [2.24, 2.45) is 0 Å². The van der Waals surface area contributed by atoms with Crippen LogP contribution in [0.5, 0.6) is 5.75 Å². The monoisotopic (exact) mass is 275 g/mol. The van der Waals surface area contributed by atoms with Gasteiger partial charge in [-0.1, -0.05) is 6.07 Å². The molecule has 2 heterocycles. The average Bonchev–Trinajstić information content (AvgIpc) is 3.11. The number of rotatable bonds is 4. The van der Waals surface area contributed by atoms with Crippen LogP contribution >= 0.6 is 0 Å². The first kappa shape index (κ1) is 13.1. The molecule has 1 atom stereocenters. The van der Waals surface area contributed by atoms with E-state index in [4.69, 9.17) is 4.74 Å². The van der Waals surface area contributed by atoms with E-state index in [0.717, 1.165) is 18.8 Å². The number of halogens is 1. The molecule has 1 aliphatic rings. The van der Waals surface area contributed by atoms with E-state index in [0.29, 0.717) is 23.0 Å². The molecular formula is C15H18FN3O. The van der Waals surface area contributed by atoms with Crippen LogP contribution in [0.1, 0.15) is 18.7 Å². The van der Waals surface area contributed by atoms with E-state index in [1.54, 1.807) is 18.3 Å². The quantitative estimate of drug-likeness (QED) is 0.901. The minimum atomic E-state index is -0.307. The lowest BCUT2D eigenvalue weighted by Crippen LogP contribution is -2.24. The number of benzene rings is 1. The Hall–Kier alpha value is -1.88. The Balaban J connectivity index is 1.86.